The van der Waals surface area contributed by atoms with Crippen LogP contribution in [0.25, 0.3) is 0 Å². The lowest BCUT2D eigenvalue weighted by Gasteiger charge is -2.17. The van der Waals surface area contributed by atoms with E-state index in [1.165, 1.54) is 10.9 Å². The fraction of sp³-hybridized carbons (Fsp3) is 0.556. The Bertz CT molecular complexity index is 477. The van der Waals surface area contributed by atoms with Gasteiger partial charge in [-0.15, -0.1) is 0 Å². The van der Waals surface area contributed by atoms with E-state index < -0.39 is 37.2 Å². The molecule has 0 spiro atoms. The lowest BCUT2D eigenvalue weighted by molar-refractivity contribution is -0.0517. The third-order valence-corrected chi connectivity index (χ3v) is 2.85. The van der Waals surface area contributed by atoms with Gasteiger partial charge in [0.15, 0.2) is 17.9 Å². The average Bonchev–Trinajstić information content (AvgIpc) is 2.83. The van der Waals surface area contributed by atoms with E-state index in [9.17, 15) is 15.0 Å². The topological polar surface area (TPSA) is 163 Å². The molecule has 0 unspecified atom stereocenters. The minimum absolute atomic E-state index is 0.0720. The minimum Gasteiger partial charge on any atom is -0.465 e. The van der Waals surface area contributed by atoms with Gasteiger partial charge < -0.3 is 30.9 Å². The number of nitrogens with zero attached hydrogens (tertiary/aromatic N) is 2. The smallest absolute Gasteiger partial charge is 0.410 e. The minimum atomic E-state index is -1.34. The Morgan fingerprint density at radius 3 is 2.74 bits per heavy atom. The second kappa shape index (κ2) is 5.01. The van der Waals surface area contributed by atoms with Crippen molar-refractivity contribution in [1.82, 2.24) is 9.55 Å². The molecular weight excluding hydrogens is 260 g/mol. The van der Waals surface area contributed by atoms with Crippen LogP contribution >= 0.6 is 0 Å². The van der Waals surface area contributed by atoms with Crippen molar-refractivity contribution in [1.29, 1.82) is 0 Å². The maximum Gasteiger partial charge on any atom is 0.410 e. The first kappa shape index (κ1) is 13.5. The zero-order chi connectivity index (χ0) is 14.2. The van der Waals surface area contributed by atoms with Crippen molar-refractivity contribution < 1.29 is 30.0 Å². The highest BCUT2D eigenvalue weighted by Crippen LogP contribution is 2.32. The summed E-state index contributed by atoms with van der Waals surface area (Å²) in [5, 5.41) is 38.9. The first-order valence-corrected chi connectivity index (χ1v) is 5.40. The number of aliphatic hydroxyl groups is 3. The number of aliphatic hydroxyl groups excluding tert-OH is 3. The zero-order valence-electron chi connectivity index (χ0n) is 9.67. The highest BCUT2D eigenvalue weighted by Gasteiger charge is 2.44. The molecular formula is C9H14N4O6. The summed E-state index contributed by atoms with van der Waals surface area (Å²) < 4.78 is 6.41. The number of rotatable bonds is 3. The monoisotopic (exact) mass is 274 g/mol. The van der Waals surface area contributed by atoms with Crippen molar-refractivity contribution in [3.8, 4) is 0 Å². The Hall–Kier alpha value is -1.88. The number of hydrogen-bond donors (Lipinski definition) is 6. The normalized spacial score (nSPS) is 30.5. The summed E-state index contributed by atoms with van der Waals surface area (Å²) >= 11 is 0. The Labute approximate surface area is 107 Å². The van der Waals surface area contributed by atoms with Crippen molar-refractivity contribution >= 4 is 17.7 Å². The van der Waals surface area contributed by atoms with Crippen LogP contribution in [0, 0.1) is 0 Å². The molecule has 1 saturated heterocycles. The van der Waals surface area contributed by atoms with E-state index in [2.05, 4.69) is 4.98 Å². The molecule has 7 N–H and O–H groups in total. The number of hydrogen-bond acceptors (Lipinski definition) is 7. The molecule has 1 aromatic heterocycles. The lowest BCUT2D eigenvalue weighted by atomic mass is 10.1. The van der Waals surface area contributed by atoms with E-state index in [0.29, 0.717) is 0 Å². The lowest BCUT2D eigenvalue weighted by Crippen LogP contribution is -2.33. The third kappa shape index (κ3) is 2.33. The van der Waals surface area contributed by atoms with E-state index in [4.69, 9.17) is 20.7 Å². The summed E-state index contributed by atoms with van der Waals surface area (Å²) in [4.78, 5) is 14.2. The van der Waals surface area contributed by atoms with Crippen molar-refractivity contribution in [2.75, 3.05) is 17.7 Å². The highest BCUT2D eigenvalue weighted by atomic mass is 16.6. The fourth-order valence-electron chi connectivity index (χ4n) is 1.88. The molecule has 0 bridgehead atoms. The molecule has 4 atom stereocenters. The molecule has 1 aromatic rings. The molecule has 19 heavy (non-hydrogen) atoms. The molecule has 0 radical (unpaired) electrons. The quantitative estimate of drug-likeness (QED) is 0.374. The largest absolute Gasteiger partial charge is 0.465 e. The Morgan fingerprint density at radius 2 is 2.21 bits per heavy atom. The van der Waals surface area contributed by atoms with Crippen molar-refractivity contribution in [2.45, 2.75) is 24.5 Å². The molecule has 1 amide bonds. The predicted octanol–water partition coefficient (Wildman–Crippen LogP) is -1.83. The second-order valence-electron chi connectivity index (χ2n) is 4.04. The van der Waals surface area contributed by atoms with Gasteiger partial charge in [-0.1, -0.05) is 0 Å². The number of aromatic nitrogens is 2. The van der Waals surface area contributed by atoms with Gasteiger partial charge in [-0.25, -0.2) is 9.78 Å². The SMILES string of the molecule is Nc1c(NC(=O)O)ncn1[C@@H]1O[C@H](CO)[C@@H](O)[C@H]1O. The summed E-state index contributed by atoms with van der Waals surface area (Å²) in [6.45, 7) is -0.469. The van der Waals surface area contributed by atoms with Gasteiger partial charge in [0.05, 0.1) is 6.61 Å². The maximum absolute atomic E-state index is 10.5. The Kier molecular flexibility index (Phi) is 3.57. The molecule has 10 heteroatoms. The third-order valence-electron chi connectivity index (χ3n) is 2.85. The van der Waals surface area contributed by atoms with Crippen LogP contribution < -0.4 is 11.1 Å². The molecule has 2 heterocycles. The number of nitrogen functional groups attached to an aromatic ring is 1. The average molecular weight is 274 g/mol. The molecule has 2 rings (SSSR count). The van der Waals surface area contributed by atoms with E-state index in [1.54, 1.807) is 0 Å². The molecule has 10 nitrogen and oxygen atoms in total. The van der Waals surface area contributed by atoms with Gasteiger partial charge in [0.25, 0.3) is 0 Å². The Balaban J connectivity index is 2.23. The summed E-state index contributed by atoms with van der Waals surface area (Å²) in [7, 11) is 0. The van der Waals surface area contributed by atoms with Gasteiger partial charge >= 0.3 is 6.09 Å². The van der Waals surface area contributed by atoms with Gasteiger partial charge in [-0.05, 0) is 0 Å². The first-order valence-electron chi connectivity index (χ1n) is 5.40. The molecule has 1 aliphatic heterocycles. The van der Waals surface area contributed by atoms with Crippen LogP contribution in [0.15, 0.2) is 6.33 Å². The summed E-state index contributed by atoms with van der Waals surface area (Å²) in [6.07, 6.45) is -4.75. The van der Waals surface area contributed by atoms with Crippen LogP contribution in [-0.2, 0) is 4.74 Å². The summed E-state index contributed by atoms with van der Waals surface area (Å²) in [6, 6.07) is 0. The number of carbonyl (C=O) groups is 1. The Morgan fingerprint density at radius 1 is 1.53 bits per heavy atom. The number of ether oxygens (including phenoxy) is 1. The number of carboxylic acid groups (broad SMARTS) is 1. The van der Waals surface area contributed by atoms with E-state index >= 15 is 0 Å². The van der Waals surface area contributed by atoms with Crippen molar-refractivity contribution in [3.05, 3.63) is 6.33 Å². The van der Waals surface area contributed by atoms with Crippen molar-refractivity contribution in [3.63, 3.8) is 0 Å². The van der Waals surface area contributed by atoms with E-state index in [1.807, 2.05) is 5.32 Å². The van der Waals surface area contributed by atoms with E-state index in [-0.39, 0.29) is 11.6 Å². The van der Waals surface area contributed by atoms with Gasteiger partial charge in [0.2, 0.25) is 0 Å². The van der Waals surface area contributed by atoms with Gasteiger partial charge in [0.1, 0.15) is 24.6 Å². The van der Waals surface area contributed by atoms with Crippen LogP contribution in [0.4, 0.5) is 16.4 Å². The second-order valence-corrected chi connectivity index (χ2v) is 4.04. The zero-order valence-corrected chi connectivity index (χ0v) is 9.67. The number of imidazole rings is 1. The first-order chi connectivity index (χ1) is 8.95. The van der Waals surface area contributed by atoms with Crippen LogP contribution in [0.5, 0.6) is 0 Å². The summed E-state index contributed by atoms with van der Waals surface area (Å²) in [5.41, 5.74) is 5.67. The van der Waals surface area contributed by atoms with Gasteiger partial charge in [0, 0.05) is 0 Å². The number of nitrogens with one attached hydrogen (secondary N) is 1. The number of nitrogens with two attached hydrogens (primary N) is 1. The number of anilines is 2. The highest BCUT2D eigenvalue weighted by molar-refractivity contribution is 5.84. The van der Waals surface area contributed by atoms with E-state index in [0.717, 1.165) is 0 Å². The van der Waals surface area contributed by atoms with Gasteiger partial charge in [-0.3, -0.25) is 9.88 Å². The summed E-state index contributed by atoms with van der Waals surface area (Å²) in [5.74, 6) is -0.178. The predicted molar refractivity (Wildman–Crippen MR) is 61.3 cm³/mol. The molecule has 0 aliphatic carbocycles. The standard InChI is InChI=1S/C9H14N4O6/c10-6-7(12-9(17)18)11-2-13(6)8-5(16)4(15)3(1-14)19-8/h2-5,8,12,14-16H,1,10H2,(H,17,18)/t3-,4-,5-,8-/m1/s1. The van der Waals surface area contributed by atoms with Crippen LogP contribution in [0.1, 0.15) is 6.23 Å². The molecule has 0 aromatic carbocycles. The van der Waals surface area contributed by atoms with Crippen molar-refractivity contribution in [2.24, 2.45) is 0 Å². The maximum atomic E-state index is 10.5. The van der Waals surface area contributed by atoms with Gasteiger partial charge in [-0.2, -0.15) is 0 Å². The van der Waals surface area contributed by atoms with Crippen LogP contribution in [0.3, 0.4) is 0 Å². The van der Waals surface area contributed by atoms with Crippen LogP contribution in [0.2, 0.25) is 0 Å². The molecule has 106 valence electrons. The molecule has 0 saturated carbocycles. The molecule has 1 aliphatic rings. The molecule has 1 fully saturated rings. The van der Waals surface area contributed by atoms with Crippen LogP contribution in [-0.4, -0.2) is 61.0 Å². The number of amides is 1. The fourth-order valence-corrected chi connectivity index (χ4v) is 1.88.